The topological polar surface area (TPSA) is 64.8 Å². The fourth-order valence-corrected chi connectivity index (χ4v) is 1.93. The van der Waals surface area contributed by atoms with Crippen molar-refractivity contribution in [2.45, 2.75) is 20.3 Å². The SMILES string of the molecule is CCCNc1nc(C)cc(N(C)c2ccc(C#N)cc2)n1. The zero-order valence-corrected chi connectivity index (χ0v) is 12.6. The Bertz CT molecular complexity index is 643. The average Bonchev–Trinajstić information content (AvgIpc) is 2.51. The van der Waals surface area contributed by atoms with Gasteiger partial charge in [0.2, 0.25) is 5.95 Å². The Morgan fingerprint density at radius 1 is 1.24 bits per heavy atom. The molecule has 0 fully saturated rings. The molecular formula is C16H19N5. The summed E-state index contributed by atoms with van der Waals surface area (Å²) in [6.07, 6.45) is 1.03. The second kappa shape index (κ2) is 6.71. The maximum atomic E-state index is 8.85. The predicted molar refractivity (Wildman–Crippen MR) is 84.8 cm³/mol. The summed E-state index contributed by atoms with van der Waals surface area (Å²) >= 11 is 0. The number of anilines is 3. The first-order valence-corrected chi connectivity index (χ1v) is 6.97. The van der Waals surface area contributed by atoms with Gasteiger partial charge in [0.25, 0.3) is 0 Å². The van der Waals surface area contributed by atoms with Gasteiger partial charge >= 0.3 is 0 Å². The van der Waals surface area contributed by atoms with Crippen LogP contribution in [0.1, 0.15) is 24.6 Å². The zero-order valence-electron chi connectivity index (χ0n) is 12.6. The fraction of sp³-hybridized carbons (Fsp3) is 0.312. The number of nitriles is 1. The van der Waals surface area contributed by atoms with Crippen molar-refractivity contribution in [3.63, 3.8) is 0 Å². The molecule has 21 heavy (non-hydrogen) atoms. The summed E-state index contributed by atoms with van der Waals surface area (Å²) in [5.41, 5.74) is 2.55. The summed E-state index contributed by atoms with van der Waals surface area (Å²) in [5.74, 6) is 1.47. The van der Waals surface area contributed by atoms with Crippen molar-refractivity contribution in [3.05, 3.63) is 41.6 Å². The number of aryl methyl sites for hydroxylation is 1. The monoisotopic (exact) mass is 281 g/mol. The number of nitrogens with zero attached hydrogens (tertiary/aromatic N) is 4. The molecule has 0 saturated carbocycles. The first-order valence-electron chi connectivity index (χ1n) is 6.97. The molecule has 0 bridgehead atoms. The van der Waals surface area contributed by atoms with Gasteiger partial charge in [-0.3, -0.25) is 0 Å². The van der Waals surface area contributed by atoms with Gasteiger partial charge < -0.3 is 10.2 Å². The van der Waals surface area contributed by atoms with E-state index in [1.54, 1.807) is 12.1 Å². The lowest BCUT2D eigenvalue weighted by molar-refractivity contribution is 0.941. The van der Waals surface area contributed by atoms with Crippen molar-refractivity contribution in [2.24, 2.45) is 0 Å². The van der Waals surface area contributed by atoms with Crippen molar-refractivity contribution >= 4 is 17.5 Å². The van der Waals surface area contributed by atoms with Gasteiger partial charge in [0.1, 0.15) is 5.82 Å². The fourth-order valence-electron chi connectivity index (χ4n) is 1.93. The second-order valence-electron chi connectivity index (χ2n) is 4.84. The third-order valence-electron chi connectivity index (χ3n) is 3.10. The predicted octanol–water partition coefficient (Wildman–Crippen LogP) is 3.25. The molecule has 0 aliphatic rings. The highest BCUT2D eigenvalue weighted by Crippen LogP contribution is 2.23. The molecular weight excluding hydrogens is 262 g/mol. The summed E-state index contributed by atoms with van der Waals surface area (Å²) in [4.78, 5) is 10.9. The number of hydrogen-bond acceptors (Lipinski definition) is 5. The van der Waals surface area contributed by atoms with Crippen LogP contribution in [0.5, 0.6) is 0 Å². The lowest BCUT2D eigenvalue weighted by Gasteiger charge is -2.19. The molecule has 2 rings (SSSR count). The van der Waals surface area contributed by atoms with Crippen LogP contribution < -0.4 is 10.2 Å². The van der Waals surface area contributed by atoms with E-state index in [0.717, 1.165) is 30.2 Å². The van der Waals surface area contributed by atoms with Crippen LogP contribution in [0.25, 0.3) is 0 Å². The van der Waals surface area contributed by atoms with Crippen molar-refractivity contribution in [3.8, 4) is 6.07 Å². The Morgan fingerprint density at radius 2 is 1.95 bits per heavy atom. The molecule has 0 unspecified atom stereocenters. The van der Waals surface area contributed by atoms with Crippen LogP contribution in [0, 0.1) is 18.3 Å². The Morgan fingerprint density at radius 3 is 2.57 bits per heavy atom. The van der Waals surface area contributed by atoms with E-state index in [-0.39, 0.29) is 0 Å². The minimum absolute atomic E-state index is 0.646. The first-order chi connectivity index (χ1) is 10.1. The summed E-state index contributed by atoms with van der Waals surface area (Å²) < 4.78 is 0. The largest absolute Gasteiger partial charge is 0.354 e. The standard InChI is InChI=1S/C16H19N5/c1-4-9-18-16-19-12(2)10-15(20-16)21(3)14-7-5-13(11-17)6-8-14/h5-8,10H,4,9H2,1-3H3,(H,18,19,20). The molecule has 1 aromatic heterocycles. The molecule has 0 aliphatic carbocycles. The molecule has 2 aromatic rings. The number of hydrogen-bond donors (Lipinski definition) is 1. The number of benzene rings is 1. The maximum Gasteiger partial charge on any atom is 0.224 e. The van der Waals surface area contributed by atoms with Crippen LogP contribution in [-0.2, 0) is 0 Å². The summed E-state index contributed by atoms with van der Waals surface area (Å²) in [7, 11) is 1.95. The van der Waals surface area contributed by atoms with E-state index in [1.807, 2.05) is 37.1 Å². The number of aromatic nitrogens is 2. The van der Waals surface area contributed by atoms with E-state index < -0.39 is 0 Å². The zero-order chi connectivity index (χ0) is 15.2. The van der Waals surface area contributed by atoms with E-state index in [4.69, 9.17) is 5.26 Å². The van der Waals surface area contributed by atoms with E-state index >= 15 is 0 Å². The van der Waals surface area contributed by atoms with Gasteiger partial charge in [-0.05, 0) is 37.6 Å². The molecule has 0 aliphatic heterocycles. The van der Waals surface area contributed by atoms with Gasteiger partial charge in [-0.2, -0.15) is 10.2 Å². The molecule has 1 N–H and O–H groups in total. The highest BCUT2D eigenvalue weighted by Gasteiger charge is 2.08. The molecule has 5 nitrogen and oxygen atoms in total. The molecule has 0 spiro atoms. The van der Waals surface area contributed by atoms with Crippen LogP contribution in [0.3, 0.4) is 0 Å². The molecule has 5 heteroatoms. The molecule has 0 saturated heterocycles. The van der Waals surface area contributed by atoms with Crippen molar-refractivity contribution in [2.75, 3.05) is 23.8 Å². The minimum Gasteiger partial charge on any atom is -0.354 e. The van der Waals surface area contributed by atoms with E-state index in [2.05, 4.69) is 28.3 Å². The van der Waals surface area contributed by atoms with Crippen molar-refractivity contribution in [1.82, 2.24) is 9.97 Å². The van der Waals surface area contributed by atoms with Gasteiger partial charge in [0, 0.05) is 31.0 Å². The molecule has 0 atom stereocenters. The molecule has 108 valence electrons. The van der Waals surface area contributed by atoms with Gasteiger partial charge in [0.15, 0.2) is 0 Å². The summed E-state index contributed by atoms with van der Waals surface area (Å²) in [5, 5.41) is 12.1. The Kier molecular flexibility index (Phi) is 4.72. The van der Waals surface area contributed by atoms with Crippen LogP contribution >= 0.6 is 0 Å². The third kappa shape index (κ3) is 3.69. The third-order valence-corrected chi connectivity index (χ3v) is 3.10. The minimum atomic E-state index is 0.646. The van der Waals surface area contributed by atoms with E-state index in [1.165, 1.54) is 0 Å². The van der Waals surface area contributed by atoms with Crippen LogP contribution in [-0.4, -0.2) is 23.6 Å². The second-order valence-corrected chi connectivity index (χ2v) is 4.84. The van der Waals surface area contributed by atoms with E-state index in [9.17, 15) is 0 Å². The summed E-state index contributed by atoms with van der Waals surface area (Å²) in [6, 6.07) is 11.5. The van der Waals surface area contributed by atoms with Gasteiger partial charge in [-0.25, -0.2) is 4.98 Å². The first kappa shape index (κ1) is 14.8. The molecule has 1 heterocycles. The smallest absolute Gasteiger partial charge is 0.224 e. The Labute approximate surface area is 125 Å². The highest BCUT2D eigenvalue weighted by molar-refractivity contribution is 5.61. The normalized spacial score (nSPS) is 10.0. The van der Waals surface area contributed by atoms with Gasteiger partial charge in [-0.1, -0.05) is 6.92 Å². The van der Waals surface area contributed by atoms with E-state index in [0.29, 0.717) is 11.5 Å². The number of nitrogens with one attached hydrogen (secondary N) is 1. The van der Waals surface area contributed by atoms with Crippen molar-refractivity contribution in [1.29, 1.82) is 5.26 Å². The number of rotatable bonds is 5. The summed E-state index contributed by atoms with van der Waals surface area (Å²) in [6.45, 7) is 4.91. The lowest BCUT2D eigenvalue weighted by Crippen LogP contribution is -2.14. The maximum absolute atomic E-state index is 8.85. The lowest BCUT2D eigenvalue weighted by atomic mass is 10.2. The highest BCUT2D eigenvalue weighted by atomic mass is 15.2. The van der Waals surface area contributed by atoms with Crippen molar-refractivity contribution < 1.29 is 0 Å². The van der Waals surface area contributed by atoms with Crippen LogP contribution in [0.2, 0.25) is 0 Å². The average molecular weight is 281 g/mol. The quantitative estimate of drug-likeness (QED) is 0.911. The molecule has 0 radical (unpaired) electrons. The van der Waals surface area contributed by atoms with Crippen LogP contribution in [0.4, 0.5) is 17.5 Å². The Balaban J connectivity index is 2.26. The van der Waals surface area contributed by atoms with Gasteiger partial charge in [-0.15, -0.1) is 0 Å². The molecule has 1 aromatic carbocycles. The van der Waals surface area contributed by atoms with Gasteiger partial charge in [0.05, 0.1) is 11.6 Å². The van der Waals surface area contributed by atoms with Crippen LogP contribution in [0.15, 0.2) is 30.3 Å². The Hall–Kier alpha value is -2.61. The molecule has 0 amide bonds.